The van der Waals surface area contributed by atoms with Crippen molar-refractivity contribution in [1.82, 2.24) is 0 Å². The molecule has 0 saturated heterocycles. The number of amides is 1. The van der Waals surface area contributed by atoms with Crippen molar-refractivity contribution in [3.05, 3.63) is 59.8 Å². The number of hydrogen-bond donors (Lipinski definition) is 2. The first-order valence-electron chi connectivity index (χ1n) is 9.36. The SMILES string of the molecule is CCCN(CCOC)c1ccc(N/C=C2/C(=O)Nc3cccc(C)c32)cc1. The Bertz CT molecular complexity index is 828. The number of rotatable bonds is 8. The minimum Gasteiger partial charge on any atom is -0.383 e. The zero-order valence-electron chi connectivity index (χ0n) is 16.2. The lowest BCUT2D eigenvalue weighted by molar-refractivity contribution is -0.110. The summed E-state index contributed by atoms with van der Waals surface area (Å²) in [6.07, 6.45) is 2.88. The van der Waals surface area contributed by atoms with Gasteiger partial charge in [0.25, 0.3) is 5.91 Å². The summed E-state index contributed by atoms with van der Waals surface area (Å²) in [5, 5.41) is 6.18. The minimum absolute atomic E-state index is 0.0721. The zero-order chi connectivity index (χ0) is 19.2. The highest BCUT2D eigenvalue weighted by Crippen LogP contribution is 2.34. The number of hydrogen-bond acceptors (Lipinski definition) is 4. The van der Waals surface area contributed by atoms with E-state index in [1.165, 1.54) is 5.69 Å². The Morgan fingerprint density at radius 2 is 1.93 bits per heavy atom. The van der Waals surface area contributed by atoms with Crippen LogP contribution in [0.25, 0.3) is 5.57 Å². The van der Waals surface area contributed by atoms with Gasteiger partial charge in [0.05, 0.1) is 12.2 Å². The first kappa shape index (κ1) is 19.0. The van der Waals surface area contributed by atoms with E-state index in [0.717, 1.165) is 42.0 Å². The maximum Gasteiger partial charge on any atom is 0.257 e. The first-order chi connectivity index (χ1) is 13.1. The molecule has 1 heterocycles. The molecule has 3 rings (SSSR count). The van der Waals surface area contributed by atoms with Crippen LogP contribution in [0.5, 0.6) is 0 Å². The summed E-state index contributed by atoms with van der Waals surface area (Å²) < 4.78 is 5.21. The molecule has 2 aromatic rings. The van der Waals surface area contributed by atoms with Gasteiger partial charge in [-0.25, -0.2) is 0 Å². The molecule has 0 bridgehead atoms. The van der Waals surface area contributed by atoms with Crippen LogP contribution in [0.4, 0.5) is 17.1 Å². The normalized spacial score (nSPS) is 14.2. The molecular weight excluding hydrogens is 338 g/mol. The van der Waals surface area contributed by atoms with Gasteiger partial charge in [-0.2, -0.15) is 0 Å². The smallest absolute Gasteiger partial charge is 0.257 e. The van der Waals surface area contributed by atoms with Gasteiger partial charge in [-0.05, 0) is 49.2 Å². The molecule has 0 spiro atoms. The number of ether oxygens (including phenoxy) is 1. The second-order valence-corrected chi connectivity index (χ2v) is 6.68. The van der Waals surface area contributed by atoms with Crippen molar-refractivity contribution in [2.75, 3.05) is 42.3 Å². The molecule has 27 heavy (non-hydrogen) atoms. The van der Waals surface area contributed by atoms with Crippen LogP contribution in [0.3, 0.4) is 0 Å². The van der Waals surface area contributed by atoms with E-state index in [1.54, 1.807) is 13.3 Å². The van der Waals surface area contributed by atoms with Crippen molar-refractivity contribution in [3.63, 3.8) is 0 Å². The lowest BCUT2D eigenvalue weighted by Crippen LogP contribution is -2.27. The zero-order valence-corrected chi connectivity index (χ0v) is 16.2. The van der Waals surface area contributed by atoms with E-state index in [9.17, 15) is 4.79 Å². The molecule has 1 aliphatic heterocycles. The third-order valence-corrected chi connectivity index (χ3v) is 4.71. The van der Waals surface area contributed by atoms with Gasteiger partial charge in [-0.1, -0.05) is 19.1 Å². The molecule has 0 aliphatic carbocycles. The van der Waals surface area contributed by atoms with Crippen molar-refractivity contribution in [2.24, 2.45) is 0 Å². The van der Waals surface area contributed by atoms with Gasteiger partial charge >= 0.3 is 0 Å². The molecule has 0 fully saturated rings. The minimum atomic E-state index is -0.0721. The van der Waals surface area contributed by atoms with Gasteiger partial charge in [0.1, 0.15) is 0 Å². The van der Waals surface area contributed by atoms with Crippen molar-refractivity contribution in [1.29, 1.82) is 0 Å². The van der Waals surface area contributed by atoms with Crippen LogP contribution in [-0.4, -0.2) is 32.7 Å². The number of carbonyl (C=O) groups excluding carboxylic acids is 1. The Labute approximate surface area is 161 Å². The number of nitrogens with one attached hydrogen (secondary N) is 2. The van der Waals surface area contributed by atoms with Gasteiger partial charge in [0.2, 0.25) is 0 Å². The Kier molecular flexibility index (Phi) is 6.14. The summed E-state index contributed by atoms with van der Waals surface area (Å²) >= 11 is 0. The Morgan fingerprint density at radius 3 is 2.63 bits per heavy atom. The van der Waals surface area contributed by atoms with Crippen LogP contribution in [0.1, 0.15) is 24.5 Å². The third kappa shape index (κ3) is 4.31. The van der Waals surface area contributed by atoms with Gasteiger partial charge in [-0.15, -0.1) is 0 Å². The predicted molar refractivity (Wildman–Crippen MR) is 112 cm³/mol. The predicted octanol–water partition coefficient (Wildman–Crippen LogP) is 4.26. The van der Waals surface area contributed by atoms with E-state index >= 15 is 0 Å². The first-order valence-corrected chi connectivity index (χ1v) is 9.36. The second kappa shape index (κ2) is 8.73. The van der Waals surface area contributed by atoms with E-state index in [4.69, 9.17) is 4.74 Å². The summed E-state index contributed by atoms with van der Waals surface area (Å²) in [6.45, 7) is 6.77. The van der Waals surface area contributed by atoms with Gasteiger partial charge in [-0.3, -0.25) is 4.79 Å². The molecule has 0 atom stereocenters. The number of nitrogens with zero attached hydrogens (tertiary/aromatic N) is 1. The summed E-state index contributed by atoms with van der Waals surface area (Å²) in [7, 11) is 1.73. The van der Waals surface area contributed by atoms with Crippen molar-refractivity contribution >= 4 is 28.5 Å². The highest BCUT2D eigenvalue weighted by molar-refractivity contribution is 6.32. The lowest BCUT2D eigenvalue weighted by Gasteiger charge is -2.24. The topological polar surface area (TPSA) is 53.6 Å². The van der Waals surface area contributed by atoms with Crippen LogP contribution in [0, 0.1) is 6.92 Å². The highest BCUT2D eigenvalue weighted by atomic mass is 16.5. The van der Waals surface area contributed by atoms with Crippen LogP contribution in [0.2, 0.25) is 0 Å². The van der Waals surface area contributed by atoms with Crippen LogP contribution in [-0.2, 0) is 9.53 Å². The van der Waals surface area contributed by atoms with Crippen molar-refractivity contribution in [2.45, 2.75) is 20.3 Å². The van der Waals surface area contributed by atoms with E-state index in [1.807, 2.05) is 37.3 Å². The Hall–Kier alpha value is -2.79. The molecule has 142 valence electrons. The van der Waals surface area contributed by atoms with Gasteiger partial charge in [0, 0.05) is 49.0 Å². The van der Waals surface area contributed by atoms with E-state index in [2.05, 4.69) is 34.6 Å². The number of aryl methyl sites for hydroxylation is 1. The standard InChI is InChI=1S/C22H27N3O2/c1-4-12-25(13-14-27-3)18-10-8-17(9-11-18)23-15-19-21-16(2)6-5-7-20(21)24-22(19)26/h5-11,15,23H,4,12-14H2,1-3H3,(H,24,26)/b19-15+. The maximum atomic E-state index is 12.3. The van der Waals surface area contributed by atoms with E-state index in [-0.39, 0.29) is 5.91 Å². The number of anilines is 3. The summed E-state index contributed by atoms with van der Waals surface area (Å²) in [6, 6.07) is 14.2. The maximum absolute atomic E-state index is 12.3. The fourth-order valence-electron chi connectivity index (χ4n) is 3.34. The molecule has 0 saturated carbocycles. The number of fused-ring (bicyclic) bond motifs is 1. The van der Waals surface area contributed by atoms with E-state index in [0.29, 0.717) is 12.2 Å². The molecular formula is C22H27N3O2. The third-order valence-electron chi connectivity index (χ3n) is 4.71. The van der Waals surface area contributed by atoms with Gasteiger partial charge in [0.15, 0.2) is 0 Å². The van der Waals surface area contributed by atoms with Crippen molar-refractivity contribution in [3.8, 4) is 0 Å². The quantitative estimate of drug-likeness (QED) is 0.686. The molecule has 0 unspecified atom stereocenters. The average molecular weight is 365 g/mol. The summed E-state index contributed by atoms with van der Waals surface area (Å²) in [4.78, 5) is 14.6. The molecule has 5 nitrogen and oxygen atoms in total. The van der Waals surface area contributed by atoms with Crippen LogP contribution < -0.4 is 15.5 Å². The molecule has 1 aliphatic rings. The number of carbonyl (C=O) groups is 1. The molecule has 2 aromatic carbocycles. The summed E-state index contributed by atoms with van der Waals surface area (Å²) in [5.41, 5.74) is 5.72. The molecule has 5 heteroatoms. The molecule has 0 radical (unpaired) electrons. The fourth-order valence-corrected chi connectivity index (χ4v) is 3.34. The monoisotopic (exact) mass is 365 g/mol. The van der Waals surface area contributed by atoms with Crippen LogP contribution >= 0.6 is 0 Å². The molecule has 1 amide bonds. The lowest BCUT2D eigenvalue weighted by atomic mass is 10.0. The highest BCUT2D eigenvalue weighted by Gasteiger charge is 2.25. The van der Waals surface area contributed by atoms with E-state index < -0.39 is 0 Å². The average Bonchev–Trinajstić information content (AvgIpc) is 3.00. The second-order valence-electron chi connectivity index (χ2n) is 6.68. The van der Waals surface area contributed by atoms with Crippen LogP contribution in [0.15, 0.2) is 48.7 Å². The summed E-state index contributed by atoms with van der Waals surface area (Å²) in [5.74, 6) is -0.0721. The molecule has 0 aromatic heterocycles. The largest absolute Gasteiger partial charge is 0.383 e. The van der Waals surface area contributed by atoms with Gasteiger partial charge < -0.3 is 20.3 Å². The fraction of sp³-hybridized carbons (Fsp3) is 0.318. The Morgan fingerprint density at radius 1 is 1.15 bits per heavy atom. The number of benzene rings is 2. The Balaban J connectivity index is 1.74. The van der Waals surface area contributed by atoms with Crippen molar-refractivity contribution < 1.29 is 9.53 Å². The molecule has 2 N–H and O–H groups in total. The number of methoxy groups -OCH3 is 1.